The van der Waals surface area contributed by atoms with E-state index >= 15 is 0 Å². The average Bonchev–Trinajstić information content (AvgIpc) is 3.03. The number of carbonyl (C=O) groups is 2. The Hall–Kier alpha value is -2.14. The van der Waals surface area contributed by atoms with Crippen molar-refractivity contribution in [3.8, 4) is 11.5 Å². The number of ketones is 2. The number of carbonyl (C=O) groups excluding carboxylic acids is 2. The summed E-state index contributed by atoms with van der Waals surface area (Å²) >= 11 is 3.63. The highest BCUT2D eigenvalue weighted by atomic mass is 79.9. The lowest BCUT2D eigenvalue weighted by atomic mass is 9.77. The predicted octanol–water partition coefficient (Wildman–Crippen LogP) is 3.86. The zero-order chi connectivity index (χ0) is 17.1. The van der Waals surface area contributed by atoms with Gasteiger partial charge in [0.15, 0.2) is 11.6 Å². The third-order valence-corrected chi connectivity index (χ3v) is 5.84. The number of fused-ring (bicyclic) bond motifs is 3. The lowest BCUT2D eigenvalue weighted by Crippen LogP contribution is -2.36. The fraction of sp³-hybridized carbons (Fsp3) is 0.263. The zero-order valence-corrected chi connectivity index (χ0v) is 14.8. The second-order valence-corrected chi connectivity index (χ2v) is 7.18. The minimum atomic E-state index is -1.16. The number of halogens is 1. The molecule has 2 aliphatic carbocycles. The van der Waals surface area contributed by atoms with Crippen molar-refractivity contribution in [1.82, 2.24) is 0 Å². The van der Waals surface area contributed by atoms with Crippen LogP contribution in [0.15, 0.2) is 36.4 Å². The molecule has 122 valence electrons. The van der Waals surface area contributed by atoms with E-state index in [1.165, 1.54) is 14.2 Å². The number of methoxy groups -OCH3 is 2. The van der Waals surface area contributed by atoms with E-state index in [2.05, 4.69) is 15.9 Å². The monoisotopic (exact) mass is 386 g/mol. The molecule has 0 radical (unpaired) electrons. The van der Waals surface area contributed by atoms with Crippen molar-refractivity contribution >= 4 is 27.5 Å². The molecule has 4 rings (SSSR count). The van der Waals surface area contributed by atoms with Gasteiger partial charge in [-0.15, -0.1) is 0 Å². The Morgan fingerprint density at radius 3 is 2.54 bits per heavy atom. The molecular weight excluding hydrogens is 372 g/mol. The van der Waals surface area contributed by atoms with Crippen LogP contribution in [0.25, 0.3) is 0 Å². The van der Waals surface area contributed by atoms with Crippen molar-refractivity contribution in [3.05, 3.63) is 58.7 Å². The highest BCUT2D eigenvalue weighted by Gasteiger charge is 2.60. The van der Waals surface area contributed by atoms with Crippen LogP contribution < -0.4 is 9.47 Å². The molecule has 4 nitrogen and oxygen atoms in total. The molecule has 0 saturated carbocycles. The molecule has 0 aliphatic heterocycles. The summed E-state index contributed by atoms with van der Waals surface area (Å²) in [5.41, 5.74) is 1.37. The van der Waals surface area contributed by atoms with Gasteiger partial charge in [0.1, 0.15) is 16.9 Å². The summed E-state index contributed by atoms with van der Waals surface area (Å²) in [5, 5.41) is 0. The SMILES string of the molecule is COc1cc(OC)c2c(c1)C(=O)[C@]1(C[C@H](Br)c3ccccc31)C2=O. The molecule has 2 atom stereocenters. The number of benzene rings is 2. The summed E-state index contributed by atoms with van der Waals surface area (Å²) in [4.78, 5) is 26.7. The first-order valence-electron chi connectivity index (χ1n) is 7.63. The van der Waals surface area contributed by atoms with Gasteiger partial charge in [0.25, 0.3) is 0 Å². The topological polar surface area (TPSA) is 52.6 Å². The molecule has 2 aromatic carbocycles. The molecule has 2 aliphatic rings. The van der Waals surface area contributed by atoms with Gasteiger partial charge in [0.05, 0.1) is 19.8 Å². The highest BCUT2D eigenvalue weighted by molar-refractivity contribution is 9.09. The van der Waals surface area contributed by atoms with E-state index in [4.69, 9.17) is 9.47 Å². The second-order valence-electron chi connectivity index (χ2n) is 6.07. The molecule has 0 fully saturated rings. The summed E-state index contributed by atoms with van der Waals surface area (Å²) in [5.74, 6) is 0.533. The standard InChI is InChI=1S/C19H15BrO4/c1-23-10-7-12-16(15(8-10)24-2)18(22)19(17(12)21)9-14(20)11-5-3-4-6-13(11)19/h3-8,14H,9H2,1-2H3/t14-,19+/m0/s1. The Morgan fingerprint density at radius 1 is 1.08 bits per heavy atom. The van der Waals surface area contributed by atoms with Crippen LogP contribution in [0.3, 0.4) is 0 Å². The normalized spacial score (nSPS) is 24.2. The second kappa shape index (κ2) is 5.18. The van der Waals surface area contributed by atoms with E-state index in [9.17, 15) is 9.59 Å². The fourth-order valence-electron chi connectivity index (χ4n) is 3.91. The van der Waals surface area contributed by atoms with E-state index in [0.717, 1.165) is 11.1 Å². The van der Waals surface area contributed by atoms with Gasteiger partial charge in [-0.1, -0.05) is 40.2 Å². The summed E-state index contributed by atoms with van der Waals surface area (Å²) in [7, 11) is 3.02. The quantitative estimate of drug-likeness (QED) is 0.580. The van der Waals surface area contributed by atoms with Gasteiger partial charge in [-0.05, 0) is 23.6 Å². The minimum absolute atomic E-state index is 0.0243. The molecule has 0 amide bonds. The van der Waals surface area contributed by atoms with Crippen molar-refractivity contribution in [2.24, 2.45) is 0 Å². The van der Waals surface area contributed by atoms with Crippen LogP contribution in [0, 0.1) is 0 Å². The van der Waals surface area contributed by atoms with Gasteiger partial charge in [-0.3, -0.25) is 9.59 Å². The largest absolute Gasteiger partial charge is 0.497 e. The molecule has 0 saturated heterocycles. The summed E-state index contributed by atoms with van der Waals surface area (Å²) in [6.45, 7) is 0. The molecule has 24 heavy (non-hydrogen) atoms. The van der Waals surface area contributed by atoms with Crippen LogP contribution in [-0.4, -0.2) is 25.8 Å². The molecular formula is C19H15BrO4. The number of alkyl halides is 1. The van der Waals surface area contributed by atoms with Crippen molar-refractivity contribution in [3.63, 3.8) is 0 Å². The Morgan fingerprint density at radius 2 is 1.83 bits per heavy atom. The molecule has 0 bridgehead atoms. The van der Waals surface area contributed by atoms with Gasteiger partial charge >= 0.3 is 0 Å². The first-order chi connectivity index (χ1) is 11.5. The molecule has 1 spiro atoms. The van der Waals surface area contributed by atoms with Crippen LogP contribution in [0.1, 0.15) is 43.1 Å². The molecule has 0 heterocycles. The van der Waals surface area contributed by atoms with Crippen LogP contribution in [-0.2, 0) is 5.41 Å². The third-order valence-electron chi connectivity index (χ3n) is 5.02. The van der Waals surface area contributed by atoms with Crippen molar-refractivity contribution in [1.29, 1.82) is 0 Å². The number of ether oxygens (including phenoxy) is 2. The molecule has 0 unspecified atom stereocenters. The lowest BCUT2D eigenvalue weighted by molar-refractivity contribution is 0.0793. The number of Topliss-reactive ketones (excluding diaryl/α,β-unsaturated/α-hetero) is 2. The minimum Gasteiger partial charge on any atom is -0.497 e. The van der Waals surface area contributed by atoms with Crippen LogP contribution in [0.2, 0.25) is 0 Å². The smallest absolute Gasteiger partial charge is 0.185 e. The average molecular weight is 387 g/mol. The van der Waals surface area contributed by atoms with E-state index < -0.39 is 5.41 Å². The number of hydrogen-bond acceptors (Lipinski definition) is 4. The molecule has 2 aromatic rings. The Balaban J connectivity index is 2.00. The number of rotatable bonds is 2. The fourth-order valence-corrected chi connectivity index (χ4v) is 4.79. The maximum atomic E-state index is 13.4. The number of hydrogen-bond donors (Lipinski definition) is 0. The first kappa shape index (κ1) is 15.4. The van der Waals surface area contributed by atoms with Crippen LogP contribution >= 0.6 is 15.9 Å². The molecule has 5 heteroatoms. The van der Waals surface area contributed by atoms with Crippen molar-refractivity contribution in [2.45, 2.75) is 16.7 Å². The summed E-state index contributed by atoms with van der Waals surface area (Å²) in [6.07, 6.45) is 0.421. The van der Waals surface area contributed by atoms with E-state index in [1.54, 1.807) is 12.1 Å². The Labute approximate surface area is 147 Å². The van der Waals surface area contributed by atoms with E-state index in [0.29, 0.717) is 29.0 Å². The van der Waals surface area contributed by atoms with Crippen LogP contribution in [0.5, 0.6) is 11.5 Å². The van der Waals surface area contributed by atoms with Gasteiger partial charge in [0, 0.05) is 16.5 Å². The molecule has 0 N–H and O–H groups in total. The highest BCUT2D eigenvalue weighted by Crippen LogP contribution is 2.56. The zero-order valence-electron chi connectivity index (χ0n) is 13.3. The third kappa shape index (κ3) is 1.73. The molecule has 0 aromatic heterocycles. The van der Waals surface area contributed by atoms with E-state index in [1.807, 2.05) is 24.3 Å². The van der Waals surface area contributed by atoms with E-state index in [-0.39, 0.29) is 16.4 Å². The van der Waals surface area contributed by atoms with Crippen molar-refractivity contribution in [2.75, 3.05) is 14.2 Å². The lowest BCUT2D eigenvalue weighted by Gasteiger charge is -2.21. The maximum absolute atomic E-state index is 13.4. The summed E-state index contributed by atoms with van der Waals surface area (Å²) < 4.78 is 10.6. The van der Waals surface area contributed by atoms with Gasteiger partial charge in [-0.25, -0.2) is 0 Å². The first-order valence-corrected chi connectivity index (χ1v) is 8.55. The van der Waals surface area contributed by atoms with Crippen LogP contribution in [0.4, 0.5) is 0 Å². The van der Waals surface area contributed by atoms with Gasteiger partial charge < -0.3 is 9.47 Å². The maximum Gasteiger partial charge on any atom is 0.185 e. The Bertz CT molecular complexity index is 889. The van der Waals surface area contributed by atoms with Gasteiger partial charge in [0.2, 0.25) is 0 Å². The Kier molecular flexibility index (Phi) is 3.32. The predicted molar refractivity (Wildman–Crippen MR) is 92.6 cm³/mol. The van der Waals surface area contributed by atoms with Gasteiger partial charge in [-0.2, -0.15) is 0 Å². The van der Waals surface area contributed by atoms with Crippen molar-refractivity contribution < 1.29 is 19.1 Å². The summed E-state index contributed by atoms with van der Waals surface area (Å²) in [6, 6.07) is 10.9.